The van der Waals surface area contributed by atoms with E-state index in [9.17, 15) is 4.79 Å². The van der Waals surface area contributed by atoms with Gasteiger partial charge in [0.2, 0.25) is 0 Å². The number of hydrogen-bond donors (Lipinski definition) is 0. The highest BCUT2D eigenvalue weighted by Crippen LogP contribution is 2.31. The van der Waals surface area contributed by atoms with Crippen LogP contribution in [0.25, 0.3) is 0 Å². The van der Waals surface area contributed by atoms with Gasteiger partial charge in [0, 0.05) is 55.9 Å². The number of rotatable bonds is 4. The van der Waals surface area contributed by atoms with Crippen molar-refractivity contribution in [2.24, 2.45) is 0 Å². The number of carbonyl (C=O) groups excluding carboxylic acids is 1. The summed E-state index contributed by atoms with van der Waals surface area (Å²) in [7, 11) is 0. The van der Waals surface area contributed by atoms with Crippen LogP contribution in [0.3, 0.4) is 0 Å². The number of carbonyl (C=O) groups is 1. The Balaban J connectivity index is 1.00. The molecule has 0 spiro atoms. The Morgan fingerprint density at radius 2 is 1.44 bits per heavy atom. The largest absolute Gasteiger partial charge is 0.371 e. The molecule has 0 N–H and O–H groups in total. The van der Waals surface area contributed by atoms with Gasteiger partial charge >= 0.3 is 0 Å². The molecule has 2 fully saturated rings. The number of aromatic nitrogens is 1. The first-order valence-electron chi connectivity index (χ1n) is 13.6. The number of piperidine rings is 2. The van der Waals surface area contributed by atoms with E-state index in [-0.39, 0.29) is 5.91 Å². The summed E-state index contributed by atoms with van der Waals surface area (Å²) in [5.41, 5.74) is 6.14. The number of anilines is 1. The van der Waals surface area contributed by atoms with E-state index in [0.717, 1.165) is 31.6 Å². The monoisotopic (exact) mass is 480 g/mol. The SMILES string of the molecule is O=C(c1ccc(N2CCC(N3CCC(c4ccncc4)CC3)CC2)cc1)N1CCc2ccccc2C1. The number of nitrogens with zero attached hydrogens (tertiary/aromatic N) is 4. The lowest BCUT2D eigenvalue weighted by molar-refractivity contribution is 0.0734. The van der Waals surface area contributed by atoms with E-state index in [1.54, 1.807) is 0 Å². The molecule has 5 nitrogen and oxygen atoms in total. The van der Waals surface area contributed by atoms with Crippen LogP contribution in [0.15, 0.2) is 73.1 Å². The molecule has 1 amide bonds. The van der Waals surface area contributed by atoms with Gasteiger partial charge in [-0.15, -0.1) is 0 Å². The lowest BCUT2D eigenvalue weighted by Crippen LogP contribution is -2.47. The molecule has 3 aliphatic heterocycles. The average molecular weight is 481 g/mol. The molecule has 2 aromatic carbocycles. The fourth-order valence-corrected chi connectivity index (χ4v) is 6.39. The van der Waals surface area contributed by atoms with Gasteiger partial charge in [0.1, 0.15) is 0 Å². The van der Waals surface area contributed by atoms with Crippen LogP contribution in [-0.2, 0) is 13.0 Å². The number of likely N-dealkylation sites (tertiary alicyclic amines) is 1. The smallest absolute Gasteiger partial charge is 0.254 e. The van der Waals surface area contributed by atoms with Gasteiger partial charge in [-0.2, -0.15) is 0 Å². The van der Waals surface area contributed by atoms with Crippen molar-refractivity contribution in [3.8, 4) is 0 Å². The molecule has 0 radical (unpaired) electrons. The fraction of sp³-hybridized carbons (Fsp3) is 0.419. The van der Waals surface area contributed by atoms with Crippen molar-refractivity contribution in [1.82, 2.24) is 14.8 Å². The van der Waals surface area contributed by atoms with Gasteiger partial charge in [-0.05, 0) is 104 Å². The third kappa shape index (κ3) is 4.90. The Labute approximate surface area is 214 Å². The highest BCUT2D eigenvalue weighted by atomic mass is 16.2. The Morgan fingerprint density at radius 1 is 0.750 bits per heavy atom. The molecule has 1 aromatic heterocycles. The summed E-state index contributed by atoms with van der Waals surface area (Å²) in [5, 5.41) is 0. The summed E-state index contributed by atoms with van der Waals surface area (Å²) < 4.78 is 0. The molecule has 0 aliphatic carbocycles. The zero-order valence-corrected chi connectivity index (χ0v) is 21.1. The Hall–Kier alpha value is -3.18. The van der Waals surface area contributed by atoms with Crippen LogP contribution in [0, 0.1) is 0 Å². The fourth-order valence-electron chi connectivity index (χ4n) is 6.39. The summed E-state index contributed by atoms with van der Waals surface area (Å²) in [6.07, 6.45) is 9.72. The molecule has 2 saturated heterocycles. The maximum Gasteiger partial charge on any atom is 0.254 e. The summed E-state index contributed by atoms with van der Waals surface area (Å²) in [6, 6.07) is 21.9. The number of hydrogen-bond acceptors (Lipinski definition) is 4. The highest BCUT2D eigenvalue weighted by molar-refractivity contribution is 5.94. The summed E-state index contributed by atoms with van der Waals surface area (Å²) in [6.45, 7) is 6.09. The molecule has 4 heterocycles. The third-order valence-corrected chi connectivity index (χ3v) is 8.59. The number of pyridine rings is 1. The zero-order valence-electron chi connectivity index (χ0n) is 21.1. The van der Waals surface area contributed by atoms with Crippen molar-refractivity contribution >= 4 is 11.6 Å². The Kier molecular flexibility index (Phi) is 6.73. The second kappa shape index (κ2) is 10.4. The summed E-state index contributed by atoms with van der Waals surface area (Å²) >= 11 is 0. The molecule has 0 bridgehead atoms. The molecule has 5 heteroatoms. The predicted molar refractivity (Wildman–Crippen MR) is 144 cm³/mol. The molecule has 6 rings (SSSR count). The van der Waals surface area contributed by atoms with Crippen LogP contribution in [0.5, 0.6) is 0 Å². The maximum absolute atomic E-state index is 13.1. The van der Waals surface area contributed by atoms with Gasteiger partial charge in [-0.25, -0.2) is 0 Å². The minimum atomic E-state index is 0.143. The van der Waals surface area contributed by atoms with Gasteiger partial charge < -0.3 is 14.7 Å². The van der Waals surface area contributed by atoms with Crippen molar-refractivity contribution in [2.45, 2.75) is 50.6 Å². The molecule has 3 aromatic rings. The minimum Gasteiger partial charge on any atom is -0.371 e. The zero-order chi connectivity index (χ0) is 24.3. The van der Waals surface area contributed by atoms with Crippen LogP contribution in [-0.4, -0.2) is 59.5 Å². The van der Waals surface area contributed by atoms with Gasteiger partial charge in [0.25, 0.3) is 5.91 Å². The molecule has 0 unspecified atom stereocenters. The van der Waals surface area contributed by atoms with Crippen LogP contribution >= 0.6 is 0 Å². The minimum absolute atomic E-state index is 0.143. The lowest BCUT2D eigenvalue weighted by Gasteiger charge is -2.42. The van der Waals surface area contributed by atoms with E-state index in [1.807, 2.05) is 29.4 Å². The van der Waals surface area contributed by atoms with Crippen molar-refractivity contribution in [1.29, 1.82) is 0 Å². The normalized spacial score (nSPS) is 19.8. The number of fused-ring (bicyclic) bond motifs is 1. The molecule has 186 valence electrons. The highest BCUT2D eigenvalue weighted by Gasteiger charge is 2.29. The van der Waals surface area contributed by atoms with E-state index in [2.05, 4.69) is 63.3 Å². The first kappa shape index (κ1) is 23.2. The summed E-state index contributed by atoms with van der Waals surface area (Å²) in [4.78, 5) is 24.5. The quantitative estimate of drug-likeness (QED) is 0.519. The van der Waals surface area contributed by atoms with E-state index in [4.69, 9.17) is 0 Å². The number of benzene rings is 2. The molecule has 0 atom stereocenters. The topological polar surface area (TPSA) is 39.7 Å². The van der Waals surface area contributed by atoms with Crippen molar-refractivity contribution in [2.75, 3.05) is 37.6 Å². The van der Waals surface area contributed by atoms with Crippen molar-refractivity contribution < 1.29 is 4.79 Å². The maximum atomic E-state index is 13.1. The van der Waals surface area contributed by atoms with Crippen LogP contribution in [0.4, 0.5) is 5.69 Å². The molecule has 0 saturated carbocycles. The Morgan fingerprint density at radius 3 is 2.17 bits per heavy atom. The first-order chi connectivity index (χ1) is 17.7. The number of amides is 1. The lowest BCUT2D eigenvalue weighted by atomic mass is 9.88. The van der Waals surface area contributed by atoms with E-state index in [0.29, 0.717) is 18.5 Å². The summed E-state index contributed by atoms with van der Waals surface area (Å²) in [5.74, 6) is 0.829. The van der Waals surface area contributed by atoms with Crippen molar-refractivity contribution in [3.63, 3.8) is 0 Å². The second-order valence-corrected chi connectivity index (χ2v) is 10.6. The van der Waals surface area contributed by atoms with E-state index >= 15 is 0 Å². The molecule has 3 aliphatic rings. The molecule has 36 heavy (non-hydrogen) atoms. The van der Waals surface area contributed by atoms with Crippen LogP contribution < -0.4 is 4.90 Å². The van der Waals surface area contributed by atoms with Crippen LogP contribution in [0.1, 0.15) is 58.6 Å². The second-order valence-electron chi connectivity index (χ2n) is 10.6. The van der Waals surface area contributed by atoms with E-state index < -0.39 is 0 Å². The Bertz CT molecular complexity index is 1160. The van der Waals surface area contributed by atoms with E-state index in [1.165, 1.54) is 61.2 Å². The first-order valence-corrected chi connectivity index (χ1v) is 13.6. The van der Waals surface area contributed by atoms with Gasteiger partial charge in [0.05, 0.1) is 0 Å². The van der Waals surface area contributed by atoms with Gasteiger partial charge in [-0.3, -0.25) is 9.78 Å². The van der Waals surface area contributed by atoms with Crippen molar-refractivity contribution in [3.05, 3.63) is 95.3 Å². The molecular formula is C31H36N4O. The average Bonchev–Trinajstić information content (AvgIpc) is 2.97. The molecular weight excluding hydrogens is 444 g/mol. The van der Waals surface area contributed by atoms with Gasteiger partial charge in [0.15, 0.2) is 0 Å². The van der Waals surface area contributed by atoms with Crippen LogP contribution in [0.2, 0.25) is 0 Å². The third-order valence-electron chi connectivity index (χ3n) is 8.59. The predicted octanol–water partition coefficient (Wildman–Crippen LogP) is 5.13. The standard InChI is InChI=1S/C31H36N4O/c36-31(35-20-13-24-3-1-2-4-28(24)23-35)27-5-7-29(8-6-27)34-21-14-30(15-22-34)33-18-11-26(12-19-33)25-9-16-32-17-10-25/h1-10,16-17,26,30H,11-15,18-23H2. The van der Waals surface area contributed by atoms with Gasteiger partial charge in [-0.1, -0.05) is 24.3 Å².